The number of carbonyl (C=O) groups excluding carboxylic acids is 1. The van der Waals surface area contributed by atoms with Crippen LogP contribution in [0.5, 0.6) is 0 Å². The van der Waals surface area contributed by atoms with Crippen LogP contribution < -0.4 is 0 Å². The molecule has 0 radical (unpaired) electrons. The minimum atomic E-state index is 0.625. The lowest BCUT2D eigenvalue weighted by molar-refractivity contribution is 0.112. The molecule has 0 fully saturated rings. The van der Waals surface area contributed by atoms with E-state index in [0.717, 1.165) is 26.9 Å². The Morgan fingerprint density at radius 2 is 2.10 bits per heavy atom. The number of hydrogen-bond donors (Lipinski definition) is 0. The van der Waals surface area contributed by atoms with E-state index in [-0.39, 0.29) is 0 Å². The first-order valence-corrected chi connectivity index (χ1v) is 7.75. The molecule has 3 aromatic rings. The van der Waals surface area contributed by atoms with Gasteiger partial charge in [-0.1, -0.05) is 40.2 Å². The largest absolute Gasteiger partial charge is 0.298 e. The highest BCUT2D eigenvalue weighted by atomic mass is 79.9. The van der Waals surface area contributed by atoms with Crippen molar-refractivity contribution in [1.29, 1.82) is 0 Å². The summed E-state index contributed by atoms with van der Waals surface area (Å²) in [6, 6.07) is 11.9. The SMILES string of the molecule is O=Cc1cn(Cc2ccccc2Br)nc1-c1cccs1. The second-order valence-electron chi connectivity index (χ2n) is 4.32. The van der Waals surface area contributed by atoms with Crippen molar-refractivity contribution in [3.8, 4) is 10.6 Å². The Balaban J connectivity index is 1.96. The molecule has 3 nitrogen and oxygen atoms in total. The standard InChI is InChI=1S/C15H11BrN2OS/c16-13-5-2-1-4-11(13)8-18-9-12(10-19)15(17-18)14-6-3-7-20-14/h1-7,9-10H,8H2. The van der Waals surface area contributed by atoms with Crippen LogP contribution >= 0.6 is 27.3 Å². The molecule has 2 heterocycles. The quantitative estimate of drug-likeness (QED) is 0.662. The van der Waals surface area contributed by atoms with Gasteiger partial charge in [-0.25, -0.2) is 0 Å². The summed E-state index contributed by atoms with van der Waals surface area (Å²) in [5, 5.41) is 6.52. The smallest absolute Gasteiger partial charge is 0.153 e. The molecule has 0 saturated heterocycles. The molecule has 0 bridgehead atoms. The topological polar surface area (TPSA) is 34.9 Å². The van der Waals surface area contributed by atoms with E-state index >= 15 is 0 Å². The molecule has 1 aromatic carbocycles. The van der Waals surface area contributed by atoms with E-state index in [1.165, 1.54) is 0 Å². The van der Waals surface area contributed by atoms with Crippen molar-refractivity contribution in [2.45, 2.75) is 6.54 Å². The molecule has 0 spiro atoms. The summed E-state index contributed by atoms with van der Waals surface area (Å²) in [5.74, 6) is 0. The first-order valence-electron chi connectivity index (χ1n) is 6.08. The summed E-state index contributed by atoms with van der Waals surface area (Å²) in [7, 11) is 0. The number of thiophene rings is 1. The van der Waals surface area contributed by atoms with Gasteiger partial charge in [0.2, 0.25) is 0 Å². The van der Waals surface area contributed by atoms with Gasteiger partial charge in [-0.3, -0.25) is 9.48 Å². The van der Waals surface area contributed by atoms with Crippen molar-refractivity contribution in [3.05, 3.63) is 63.6 Å². The zero-order chi connectivity index (χ0) is 13.9. The van der Waals surface area contributed by atoms with E-state index in [1.807, 2.05) is 41.8 Å². The second-order valence-corrected chi connectivity index (χ2v) is 6.12. The van der Waals surface area contributed by atoms with Crippen molar-refractivity contribution in [2.24, 2.45) is 0 Å². The zero-order valence-electron chi connectivity index (χ0n) is 10.5. The average molecular weight is 347 g/mol. The molecular formula is C15H11BrN2OS. The van der Waals surface area contributed by atoms with Crippen molar-refractivity contribution in [3.63, 3.8) is 0 Å². The van der Waals surface area contributed by atoms with E-state index in [4.69, 9.17) is 0 Å². The Morgan fingerprint density at radius 3 is 2.80 bits per heavy atom. The van der Waals surface area contributed by atoms with E-state index in [1.54, 1.807) is 22.2 Å². The average Bonchev–Trinajstić information content (AvgIpc) is 3.09. The lowest BCUT2D eigenvalue weighted by Gasteiger charge is -2.04. The number of nitrogens with zero attached hydrogens (tertiary/aromatic N) is 2. The van der Waals surface area contributed by atoms with Gasteiger partial charge in [-0.05, 0) is 23.1 Å². The van der Waals surface area contributed by atoms with Crippen LogP contribution in [0.25, 0.3) is 10.6 Å². The van der Waals surface area contributed by atoms with E-state index < -0.39 is 0 Å². The number of carbonyl (C=O) groups is 1. The third-order valence-corrected chi connectivity index (χ3v) is 4.61. The molecule has 20 heavy (non-hydrogen) atoms. The number of aldehydes is 1. The third-order valence-electron chi connectivity index (χ3n) is 2.96. The molecule has 100 valence electrons. The van der Waals surface area contributed by atoms with Crippen LogP contribution in [0.2, 0.25) is 0 Å². The molecule has 0 aliphatic rings. The fourth-order valence-electron chi connectivity index (χ4n) is 2.01. The third kappa shape index (κ3) is 2.59. The Hall–Kier alpha value is -1.72. The van der Waals surface area contributed by atoms with Crippen LogP contribution in [0.15, 0.2) is 52.4 Å². The van der Waals surface area contributed by atoms with Gasteiger partial charge in [0.05, 0.1) is 17.0 Å². The number of hydrogen-bond acceptors (Lipinski definition) is 3. The summed E-state index contributed by atoms with van der Waals surface area (Å²) in [6.07, 6.45) is 2.65. The fourth-order valence-corrected chi connectivity index (χ4v) is 3.15. The van der Waals surface area contributed by atoms with Crippen LogP contribution in [0.4, 0.5) is 0 Å². The second kappa shape index (κ2) is 5.73. The summed E-state index contributed by atoms with van der Waals surface area (Å²) < 4.78 is 2.85. The molecule has 0 atom stereocenters. The van der Waals surface area contributed by atoms with E-state index in [9.17, 15) is 4.79 Å². The number of halogens is 1. The predicted molar refractivity (Wildman–Crippen MR) is 84.2 cm³/mol. The summed E-state index contributed by atoms with van der Waals surface area (Å²) in [5.41, 5.74) is 2.51. The maximum Gasteiger partial charge on any atom is 0.153 e. The van der Waals surface area contributed by atoms with Crippen LogP contribution in [-0.2, 0) is 6.54 Å². The normalized spacial score (nSPS) is 10.7. The van der Waals surface area contributed by atoms with Crippen LogP contribution in [0, 0.1) is 0 Å². The molecule has 0 aliphatic heterocycles. The molecule has 0 N–H and O–H groups in total. The first kappa shape index (κ1) is 13.3. The molecular weight excluding hydrogens is 336 g/mol. The molecule has 0 amide bonds. The molecule has 5 heteroatoms. The molecule has 0 saturated carbocycles. The van der Waals surface area contributed by atoms with Crippen molar-refractivity contribution < 1.29 is 4.79 Å². The molecule has 0 aliphatic carbocycles. The lowest BCUT2D eigenvalue weighted by atomic mass is 10.2. The Labute approximate surface area is 129 Å². The van der Waals surface area contributed by atoms with Crippen LogP contribution in [0.1, 0.15) is 15.9 Å². The Bertz CT molecular complexity index is 734. The molecule has 0 unspecified atom stereocenters. The summed E-state index contributed by atoms with van der Waals surface area (Å²) in [4.78, 5) is 12.2. The number of benzene rings is 1. The summed E-state index contributed by atoms with van der Waals surface area (Å²) >= 11 is 5.11. The van der Waals surface area contributed by atoms with E-state index in [2.05, 4.69) is 21.0 Å². The van der Waals surface area contributed by atoms with Crippen LogP contribution in [-0.4, -0.2) is 16.1 Å². The van der Waals surface area contributed by atoms with Crippen molar-refractivity contribution in [1.82, 2.24) is 9.78 Å². The van der Waals surface area contributed by atoms with Gasteiger partial charge in [-0.15, -0.1) is 11.3 Å². The maximum absolute atomic E-state index is 11.2. The number of rotatable bonds is 4. The van der Waals surface area contributed by atoms with Gasteiger partial charge in [-0.2, -0.15) is 5.10 Å². The van der Waals surface area contributed by atoms with Gasteiger partial charge in [0.1, 0.15) is 5.69 Å². The van der Waals surface area contributed by atoms with Gasteiger partial charge in [0, 0.05) is 10.7 Å². The van der Waals surface area contributed by atoms with Crippen molar-refractivity contribution >= 4 is 33.6 Å². The van der Waals surface area contributed by atoms with Crippen molar-refractivity contribution in [2.75, 3.05) is 0 Å². The highest BCUT2D eigenvalue weighted by Gasteiger charge is 2.12. The predicted octanol–water partition coefficient (Wildman–Crippen LogP) is 4.23. The molecule has 3 rings (SSSR count). The maximum atomic E-state index is 11.2. The summed E-state index contributed by atoms with van der Waals surface area (Å²) in [6.45, 7) is 0.633. The van der Waals surface area contributed by atoms with Gasteiger partial charge in [0.15, 0.2) is 6.29 Å². The minimum absolute atomic E-state index is 0.625. The lowest BCUT2D eigenvalue weighted by Crippen LogP contribution is -2.00. The van der Waals surface area contributed by atoms with Crippen LogP contribution in [0.3, 0.4) is 0 Å². The zero-order valence-corrected chi connectivity index (χ0v) is 12.9. The van der Waals surface area contributed by atoms with Gasteiger partial charge >= 0.3 is 0 Å². The van der Waals surface area contributed by atoms with Gasteiger partial charge in [0.25, 0.3) is 0 Å². The first-order chi connectivity index (χ1) is 9.78. The Kier molecular flexibility index (Phi) is 3.80. The van der Waals surface area contributed by atoms with E-state index in [0.29, 0.717) is 12.1 Å². The Morgan fingerprint density at radius 1 is 1.25 bits per heavy atom. The monoisotopic (exact) mass is 346 g/mol. The molecule has 2 aromatic heterocycles. The van der Waals surface area contributed by atoms with Gasteiger partial charge < -0.3 is 0 Å². The minimum Gasteiger partial charge on any atom is -0.298 e. The highest BCUT2D eigenvalue weighted by Crippen LogP contribution is 2.26. The fraction of sp³-hybridized carbons (Fsp3) is 0.0667. The highest BCUT2D eigenvalue weighted by molar-refractivity contribution is 9.10. The number of aromatic nitrogens is 2.